The van der Waals surface area contributed by atoms with Crippen LogP contribution in [0.5, 0.6) is 0 Å². The summed E-state index contributed by atoms with van der Waals surface area (Å²) in [6.45, 7) is 10.1. The van der Waals surface area contributed by atoms with E-state index in [1.54, 1.807) is 0 Å². The van der Waals surface area contributed by atoms with Crippen LogP contribution in [0.2, 0.25) is 0 Å². The normalized spacial score (nSPS) is 21.3. The number of aryl methyl sites for hydroxylation is 1. The van der Waals surface area contributed by atoms with Crippen LogP contribution in [0.4, 0.5) is 4.79 Å². The Bertz CT molecular complexity index is 1140. The van der Waals surface area contributed by atoms with E-state index < -0.39 is 0 Å². The van der Waals surface area contributed by atoms with Gasteiger partial charge in [-0.3, -0.25) is 4.98 Å². The number of benzene rings is 1. The van der Waals surface area contributed by atoms with Gasteiger partial charge in [0.05, 0.1) is 5.69 Å². The van der Waals surface area contributed by atoms with E-state index in [0.29, 0.717) is 17.9 Å². The van der Waals surface area contributed by atoms with Crippen molar-refractivity contribution in [2.45, 2.75) is 83.6 Å². The Morgan fingerprint density at radius 3 is 2.70 bits per heavy atom. The van der Waals surface area contributed by atoms with Gasteiger partial charge in [-0.25, -0.2) is 4.79 Å². The molecule has 1 aromatic heterocycles. The van der Waals surface area contributed by atoms with Crippen LogP contribution in [0.25, 0.3) is 11.6 Å². The zero-order chi connectivity index (χ0) is 25.8. The highest BCUT2D eigenvalue weighted by Crippen LogP contribution is 2.45. The molecule has 2 amide bonds. The van der Waals surface area contributed by atoms with Gasteiger partial charge in [0.25, 0.3) is 0 Å². The average Bonchev–Trinajstić information content (AvgIpc) is 3.06. The number of piperidine rings is 1. The number of amides is 2. The van der Waals surface area contributed by atoms with Gasteiger partial charge >= 0.3 is 6.03 Å². The maximum atomic E-state index is 13.0. The second kappa shape index (κ2) is 11.7. The zero-order valence-electron chi connectivity index (χ0n) is 22.7. The summed E-state index contributed by atoms with van der Waals surface area (Å²) in [5, 5.41) is 3.32. The molecule has 196 valence electrons. The molecular weight excluding hydrogens is 454 g/mol. The molecule has 0 radical (unpaired) electrons. The number of hydrogen-bond acceptors (Lipinski definition) is 2. The van der Waals surface area contributed by atoms with Crippen molar-refractivity contribution in [3.63, 3.8) is 0 Å². The summed E-state index contributed by atoms with van der Waals surface area (Å²) >= 11 is 0. The van der Waals surface area contributed by atoms with Crippen molar-refractivity contribution in [2.24, 2.45) is 11.8 Å². The molecule has 2 heterocycles. The Morgan fingerprint density at radius 2 is 1.95 bits per heavy atom. The fourth-order valence-electron chi connectivity index (χ4n) is 6.59. The Labute approximate surface area is 223 Å². The summed E-state index contributed by atoms with van der Waals surface area (Å²) in [6, 6.07) is 11.8. The van der Waals surface area contributed by atoms with Gasteiger partial charge in [0.15, 0.2) is 0 Å². The van der Waals surface area contributed by atoms with Gasteiger partial charge in [-0.2, -0.15) is 0 Å². The van der Waals surface area contributed by atoms with E-state index in [2.05, 4.69) is 73.1 Å². The molecular formula is C33H43N3O. The number of rotatable bonds is 6. The summed E-state index contributed by atoms with van der Waals surface area (Å²) < 4.78 is 0. The Hall–Kier alpha value is -2.88. The molecule has 3 aliphatic rings. The van der Waals surface area contributed by atoms with E-state index in [1.807, 2.05) is 6.20 Å². The van der Waals surface area contributed by atoms with Crippen LogP contribution in [-0.4, -0.2) is 35.0 Å². The van der Waals surface area contributed by atoms with Crippen molar-refractivity contribution in [1.29, 1.82) is 0 Å². The minimum Gasteiger partial charge on any atom is -0.335 e. The van der Waals surface area contributed by atoms with E-state index in [0.717, 1.165) is 51.6 Å². The fraction of sp³-hybridized carbons (Fsp3) is 0.515. The third-order valence-corrected chi connectivity index (χ3v) is 8.89. The molecule has 37 heavy (non-hydrogen) atoms. The SMILES string of the molecule is C=CC(C)CCC1=Cc2cc(C)ccc2C(C2CCN(C(=O)NC3CCCCC3)CC2)c2ncccc21. The first-order chi connectivity index (χ1) is 18.0. The van der Waals surface area contributed by atoms with Gasteiger partial charge in [-0.05, 0) is 85.6 Å². The molecule has 1 saturated heterocycles. The van der Waals surface area contributed by atoms with Crippen LogP contribution in [0, 0.1) is 18.8 Å². The molecule has 1 saturated carbocycles. The first-order valence-corrected chi connectivity index (χ1v) is 14.5. The van der Waals surface area contributed by atoms with Crippen molar-refractivity contribution in [3.05, 3.63) is 77.1 Å². The molecule has 1 aliphatic heterocycles. The lowest BCUT2D eigenvalue weighted by Crippen LogP contribution is -2.48. The molecule has 2 fully saturated rings. The first kappa shape index (κ1) is 25.8. The molecule has 4 nitrogen and oxygen atoms in total. The molecule has 0 spiro atoms. The molecule has 1 aromatic carbocycles. The van der Waals surface area contributed by atoms with Crippen LogP contribution >= 0.6 is 0 Å². The number of carbonyl (C=O) groups excluding carboxylic acids is 1. The van der Waals surface area contributed by atoms with Gasteiger partial charge in [0.1, 0.15) is 0 Å². The van der Waals surface area contributed by atoms with Crippen molar-refractivity contribution >= 4 is 17.7 Å². The predicted octanol–water partition coefficient (Wildman–Crippen LogP) is 7.73. The largest absolute Gasteiger partial charge is 0.335 e. The number of carbonyl (C=O) groups is 1. The van der Waals surface area contributed by atoms with E-state index in [-0.39, 0.29) is 11.9 Å². The molecule has 2 unspecified atom stereocenters. The highest BCUT2D eigenvalue weighted by Gasteiger charge is 2.35. The highest BCUT2D eigenvalue weighted by molar-refractivity contribution is 5.86. The number of allylic oxidation sites excluding steroid dienone is 2. The molecule has 2 aliphatic carbocycles. The summed E-state index contributed by atoms with van der Waals surface area (Å²) in [4.78, 5) is 20.1. The standard InChI is InChI=1S/C33H43N3O/c1-4-23(2)12-14-26-22-27-21-24(3)13-15-29(27)31(32-30(26)11-8-18-34-32)25-16-19-36(20-17-25)33(37)35-28-9-6-5-7-10-28/h4,8,11,13,15,18,21-23,25,28,31H,1,5-7,9-10,12,14,16-17,19-20H2,2-3H3,(H,35,37). The van der Waals surface area contributed by atoms with Gasteiger partial charge in [-0.1, -0.05) is 68.2 Å². The van der Waals surface area contributed by atoms with Crippen LogP contribution in [0.3, 0.4) is 0 Å². The van der Waals surface area contributed by atoms with Gasteiger partial charge in [0, 0.05) is 31.2 Å². The van der Waals surface area contributed by atoms with Gasteiger partial charge < -0.3 is 10.2 Å². The lowest BCUT2D eigenvalue weighted by atomic mass is 9.76. The number of nitrogens with zero attached hydrogens (tertiary/aromatic N) is 2. The number of pyridine rings is 1. The number of urea groups is 1. The molecule has 0 bridgehead atoms. The van der Waals surface area contributed by atoms with E-state index in [9.17, 15) is 4.79 Å². The molecule has 5 rings (SSSR count). The molecule has 4 heteroatoms. The Balaban J connectivity index is 1.39. The monoisotopic (exact) mass is 497 g/mol. The number of fused-ring (bicyclic) bond motifs is 2. The van der Waals surface area contributed by atoms with E-state index in [1.165, 1.54) is 52.8 Å². The lowest BCUT2D eigenvalue weighted by molar-refractivity contribution is 0.160. The Kier molecular flexibility index (Phi) is 8.12. The lowest BCUT2D eigenvalue weighted by Gasteiger charge is -2.37. The molecule has 2 atom stereocenters. The van der Waals surface area contributed by atoms with Crippen molar-refractivity contribution < 1.29 is 4.79 Å². The predicted molar refractivity (Wildman–Crippen MR) is 153 cm³/mol. The Morgan fingerprint density at radius 1 is 1.16 bits per heavy atom. The number of likely N-dealkylation sites (tertiary alicyclic amines) is 1. The third-order valence-electron chi connectivity index (χ3n) is 8.89. The molecule has 1 N–H and O–H groups in total. The third kappa shape index (κ3) is 5.84. The maximum absolute atomic E-state index is 13.0. The number of aromatic nitrogens is 1. The van der Waals surface area contributed by atoms with Crippen molar-refractivity contribution in [1.82, 2.24) is 15.2 Å². The highest BCUT2D eigenvalue weighted by atomic mass is 16.2. The maximum Gasteiger partial charge on any atom is 0.317 e. The van der Waals surface area contributed by atoms with E-state index >= 15 is 0 Å². The van der Waals surface area contributed by atoms with Crippen LogP contribution in [0.15, 0.2) is 49.2 Å². The quantitative estimate of drug-likeness (QED) is 0.415. The van der Waals surface area contributed by atoms with Gasteiger partial charge in [-0.15, -0.1) is 6.58 Å². The topological polar surface area (TPSA) is 45.2 Å². The van der Waals surface area contributed by atoms with Crippen molar-refractivity contribution in [3.8, 4) is 0 Å². The fourth-order valence-corrected chi connectivity index (χ4v) is 6.59. The summed E-state index contributed by atoms with van der Waals surface area (Å²) in [5.41, 5.74) is 7.92. The van der Waals surface area contributed by atoms with Crippen LogP contribution in [0.1, 0.15) is 98.6 Å². The summed E-state index contributed by atoms with van der Waals surface area (Å²) in [6.07, 6.45) is 16.6. The molecule has 2 aromatic rings. The minimum atomic E-state index is 0.140. The minimum absolute atomic E-state index is 0.140. The van der Waals surface area contributed by atoms with E-state index in [4.69, 9.17) is 4.98 Å². The van der Waals surface area contributed by atoms with Gasteiger partial charge in [0.2, 0.25) is 0 Å². The smallest absolute Gasteiger partial charge is 0.317 e. The first-order valence-electron chi connectivity index (χ1n) is 14.5. The second-order valence-electron chi connectivity index (χ2n) is 11.6. The van der Waals surface area contributed by atoms with Crippen molar-refractivity contribution in [2.75, 3.05) is 13.1 Å². The second-order valence-corrected chi connectivity index (χ2v) is 11.6. The number of hydrogen-bond donors (Lipinski definition) is 1. The van der Waals surface area contributed by atoms with Crippen LogP contribution in [-0.2, 0) is 0 Å². The zero-order valence-corrected chi connectivity index (χ0v) is 22.7. The number of nitrogens with one attached hydrogen (secondary N) is 1. The van der Waals surface area contributed by atoms with Crippen LogP contribution < -0.4 is 5.32 Å². The summed E-state index contributed by atoms with van der Waals surface area (Å²) in [7, 11) is 0. The average molecular weight is 498 g/mol. The summed E-state index contributed by atoms with van der Waals surface area (Å²) in [5.74, 6) is 1.20.